The van der Waals surface area contributed by atoms with Gasteiger partial charge in [0.05, 0.1) is 6.61 Å². The Labute approximate surface area is 106 Å². The molecule has 0 saturated carbocycles. The van der Waals surface area contributed by atoms with Crippen molar-refractivity contribution in [2.75, 3.05) is 19.8 Å². The van der Waals surface area contributed by atoms with Gasteiger partial charge in [-0.3, -0.25) is 0 Å². The maximum Gasteiger partial charge on any atom is 0.0620 e. The van der Waals surface area contributed by atoms with E-state index in [2.05, 4.69) is 52.4 Å². The molecule has 0 aliphatic carbocycles. The van der Waals surface area contributed by atoms with Crippen LogP contribution in [-0.2, 0) is 4.74 Å². The molecule has 1 aromatic carbocycles. The van der Waals surface area contributed by atoms with Gasteiger partial charge in [-0.25, -0.2) is 0 Å². The third kappa shape index (κ3) is 3.30. The Hall–Kier alpha value is -0.380. The minimum absolute atomic E-state index is 0.540. The zero-order valence-electron chi connectivity index (χ0n) is 9.58. The van der Waals surface area contributed by atoms with Crippen LogP contribution in [0.5, 0.6) is 0 Å². The SMILES string of the molecule is CC(CNC1CCOC1)c1cccc(Br)c1. The summed E-state index contributed by atoms with van der Waals surface area (Å²) >= 11 is 3.51. The molecule has 1 aromatic rings. The van der Waals surface area contributed by atoms with Crippen molar-refractivity contribution in [3.63, 3.8) is 0 Å². The Bertz CT molecular complexity index is 336. The van der Waals surface area contributed by atoms with Crippen LogP contribution in [-0.4, -0.2) is 25.8 Å². The number of rotatable bonds is 4. The van der Waals surface area contributed by atoms with Gasteiger partial charge in [-0.1, -0.05) is 35.0 Å². The van der Waals surface area contributed by atoms with Crippen LogP contribution in [0.2, 0.25) is 0 Å². The first-order valence-electron chi connectivity index (χ1n) is 5.82. The fraction of sp³-hybridized carbons (Fsp3) is 0.538. The number of nitrogens with one attached hydrogen (secondary N) is 1. The summed E-state index contributed by atoms with van der Waals surface area (Å²) in [5, 5.41) is 3.56. The smallest absolute Gasteiger partial charge is 0.0620 e. The van der Waals surface area contributed by atoms with Gasteiger partial charge in [-0.2, -0.15) is 0 Å². The molecule has 1 N–H and O–H groups in total. The highest BCUT2D eigenvalue weighted by molar-refractivity contribution is 9.10. The van der Waals surface area contributed by atoms with Crippen molar-refractivity contribution in [1.82, 2.24) is 5.32 Å². The minimum Gasteiger partial charge on any atom is -0.380 e. The molecule has 88 valence electrons. The van der Waals surface area contributed by atoms with E-state index in [9.17, 15) is 0 Å². The lowest BCUT2D eigenvalue weighted by Gasteiger charge is -2.16. The van der Waals surface area contributed by atoms with E-state index in [-0.39, 0.29) is 0 Å². The second-order valence-electron chi connectivity index (χ2n) is 4.42. The molecule has 2 nitrogen and oxygen atoms in total. The van der Waals surface area contributed by atoms with Crippen LogP contribution in [0.4, 0.5) is 0 Å². The van der Waals surface area contributed by atoms with E-state index in [4.69, 9.17) is 4.74 Å². The summed E-state index contributed by atoms with van der Waals surface area (Å²) in [6.07, 6.45) is 1.14. The molecule has 0 radical (unpaired) electrons. The van der Waals surface area contributed by atoms with E-state index in [1.54, 1.807) is 0 Å². The molecule has 1 fully saturated rings. The monoisotopic (exact) mass is 283 g/mol. The summed E-state index contributed by atoms with van der Waals surface area (Å²) < 4.78 is 6.50. The van der Waals surface area contributed by atoms with Gasteiger partial charge in [-0.05, 0) is 30.0 Å². The number of hydrogen-bond acceptors (Lipinski definition) is 2. The number of ether oxygens (including phenoxy) is 1. The molecule has 2 rings (SSSR count). The van der Waals surface area contributed by atoms with Gasteiger partial charge in [0.25, 0.3) is 0 Å². The topological polar surface area (TPSA) is 21.3 Å². The third-order valence-corrected chi connectivity index (χ3v) is 3.55. The molecule has 1 saturated heterocycles. The lowest BCUT2D eigenvalue weighted by molar-refractivity contribution is 0.190. The second kappa shape index (κ2) is 5.80. The standard InChI is InChI=1S/C13H18BrNO/c1-10(8-15-13-5-6-16-9-13)11-3-2-4-12(14)7-11/h2-4,7,10,13,15H,5-6,8-9H2,1H3. The first-order valence-corrected chi connectivity index (χ1v) is 6.61. The Morgan fingerprint density at radius 2 is 2.44 bits per heavy atom. The van der Waals surface area contributed by atoms with Crippen molar-refractivity contribution in [2.45, 2.75) is 25.3 Å². The van der Waals surface area contributed by atoms with Gasteiger partial charge >= 0.3 is 0 Å². The fourth-order valence-corrected chi connectivity index (χ4v) is 2.39. The van der Waals surface area contributed by atoms with Crippen molar-refractivity contribution < 1.29 is 4.74 Å². The van der Waals surface area contributed by atoms with Crippen molar-refractivity contribution >= 4 is 15.9 Å². The van der Waals surface area contributed by atoms with E-state index in [1.165, 1.54) is 5.56 Å². The van der Waals surface area contributed by atoms with Crippen molar-refractivity contribution in [2.24, 2.45) is 0 Å². The van der Waals surface area contributed by atoms with Crippen molar-refractivity contribution in [3.8, 4) is 0 Å². The highest BCUT2D eigenvalue weighted by atomic mass is 79.9. The molecule has 2 unspecified atom stereocenters. The normalized spacial score (nSPS) is 22.2. The summed E-state index contributed by atoms with van der Waals surface area (Å²) in [6, 6.07) is 9.08. The zero-order chi connectivity index (χ0) is 11.4. The maximum absolute atomic E-state index is 5.34. The molecule has 0 amide bonds. The van der Waals surface area contributed by atoms with Crippen LogP contribution in [0.3, 0.4) is 0 Å². The molecule has 1 aliphatic rings. The van der Waals surface area contributed by atoms with Gasteiger partial charge in [0.15, 0.2) is 0 Å². The highest BCUT2D eigenvalue weighted by Crippen LogP contribution is 2.19. The fourth-order valence-electron chi connectivity index (χ4n) is 1.97. The molecule has 3 heteroatoms. The quantitative estimate of drug-likeness (QED) is 0.918. The molecule has 2 atom stereocenters. The summed E-state index contributed by atoms with van der Waals surface area (Å²) in [7, 11) is 0. The first kappa shape index (κ1) is 12.1. The molecular formula is C13H18BrNO. The average molecular weight is 284 g/mol. The van der Waals surface area contributed by atoms with E-state index in [0.717, 1.165) is 30.7 Å². The molecule has 0 aromatic heterocycles. The molecule has 1 heterocycles. The van der Waals surface area contributed by atoms with Gasteiger partial charge in [0, 0.05) is 23.7 Å². The van der Waals surface area contributed by atoms with Crippen LogP contribution < -0.4 is 5.32 Å². The Morgan fingerprint density at radius 3 is 3.12 bits per heavy atom. The van der Waals surface area contributed by atoms with Gasteiger partial charge in [-0.15, -0.1) is 0 Å². The van der Waals surface area contributed by atoms with Gasteiger partial charge in [0.2, 0.25) is 0 Å². The van der Waals surface area contributed by atoms with E-state index in [1.807, 2.05) is 0 Å². The largest absolute Gasteiger partial charge is 0.380 e. The second-order valence-corrected chi connectivity index (χ2v) is 5.34. The Balaban J connectivity index is 1.85. The third-order valence-electron chi connectivity index (χ3n) is 3.06. The lowest BCUT2D eigenvalue weighted by Crippen LogP contribution is -2.32. The first-order chi connectivity index (χ1) is 7.75. The lowest BCUT2D eigenvalue weighted by atomic mass is 10.0. The van der Waals surface area contributed by atoms with Crippen LogP contribution in [0.15, 0.2) is 28.7 Å². The van der Waals surface area contributed by atoms with Crippen LogP contribution in [0.1, 0.15) is 24.8 Å². The predicted molar refractivity (Wildman–Crippen MR) is 69.8 cm³/mol. The molecule has 1 aliphatic heterocycles. The molecule has 0 spiro atoms. The Morgan fingerprint density at radius 1 is 1.56 bits per heavy atom. The highest BCUT2D eigenvalue weighted by Gasteiger charge is 2.16. The summed E-state index contributed by atoms with van der Waals surface area (Å²) in [5.74, 6) is 0.540. The average Bonchev–Trinajstić information content (AvgIpc) is 2.78. The van der Waals surface area contributed by atoms with Gasteiger partial charge in [0.1, 0.15) is 0 Å². The minimum atomic E-state index is 0.540. The summed E-state index contributed by atoms with van der Waals surface area (Å²) in [4.78, 5) is 0. The number of benzene rings is 1. The van der Waals surface area contributed by atoms with Crippen molar-refractivity contribution in [1.29, 1.82) is 0 Å². The van der Waals surface area contributed by atoms with Crippen LogP contribution >= 0.6 is 15.9 Å². The van der Waals surface area contributed by atoms with Crippen molar-refractivity contribution in [3.05, 3.63) is 34.3 Å². The zero-order valence-corrected chi connectivity index (χ0v) is 11.2. The Kier molecular flexibility index (Phi) is 4.38. The van der Waals surface area contributed by atoms with E-state index < -0.39 is 0 Å². The van der Waals surface area contributed by atoms with Crippen LogP contribution in [0, 0.1) is 0 Å². The summed E-state index contributed by atoms with van der Waals surface area (Å²) in [6.45, 7) is 5.04. The van der Waals surface area contributed by atoms with E-state index >= 15 is 0 Å². The molecular weight excluding hydrogens is 266 g/mol. The number of halogens is 1. The van der Waals surface area contributed by atoms with E-state index in [0.29, 0.717) is 12.0 Å². The molecule has 0 bridgehead atoms. The summed E-state index contributed by atoms with van der Waals surface area (Å²) in [5.41, 5.74) is 1.38. The van der Waals surface area contributed by atoms with Crippen LogP contribution in [0.25, 0.3) is 0 Å². The predicted octanol–water partition coefficient (Wildman–Crippen LogP) is 2.93. The maximum atomic E-state index is 5.34. The van der Waals surface area contributed by atoms with Gasteiger partial charge < -0.3 is 10.1 Å². The number of hydrogen-bond donors (Lipinski definition) is 1. The molecule has 16 heavy (non-hydrogen) atoms.